The molecule has 0 spiro atoms. The Bertz CT molecular complexity index is 253. The lowest BCUT2D eigenvalue weighted by molar-refractivity contribution is 0.160. The predicted octanol–water partition coefficient (Wildman–Crippen LogP) is 2.16. The normalized spacial score (nSPS) is 12.7. The maximum Gasteiger partial charge on any atom is 0.0665 e. The lowest BCUT2D eigenvalue weighted by Gasteiger charge is -2.10. The van der Waals surface area contributed by atoms with Crippen molar-refractivity contribution in [1.29, 1.82) is 0 Å². The van der Waals surface area contributed by atoms with Gasteiger partial charge in [0, 0.05) is 19.0 Å². The zero-order valence-corrected chi connectivity index (χ0v) is 9.58. The molecule has 0 saturated heterocycles. The molecule has 0 bridgehead atoms. The van der Waals surface area contributed by atoms with Crippen LogP contribution in [0.25, 0.3) is 0 Å². The zero-order valence-electron chi connectivity index (χ0n) is 8.82. The van der Waals surface area contributed by atoms with Crippen LogP contribution in [0.1, 0.15) is 18.4 Å². The standard InChI is InChI=1S/C12H18ClNO/c13-8-4-7-12(15)10-14-9-11-5-2-1-3-6-11/h1-3,5-6,12,14-15H,4,7-10H2/t12-/m0/s1. The molecule has 84 valence electrons. The Balaban J connectivity index is 2.11. The first-order valence-corrected chi connectivity index (χ1v) is 5.85. The topological polar surface area (TPSA) is 32.3 Å². The summed E-state index contributed by atoms with van der Waals surface area (Å²) in [6, 6.07) is 10.2. The number of nitrogens with one attached hydrogen (secondary N) is 1. The molecule has 0 fully saturated rings. The molecule has 15 heavy (non-hydrogen) atoms. The number of alkyl halides is 1. The highest BCUT2D eigenvalue weighted by Gasteiger charge is 2.02. The summed E-state index contributed by atoms with van der Waals surface area (Å²) >= 11 is 5.54. The van der Waals surface area contributed by atoms with Crippen LogP contribution in [0.2, 0.25) is 0 Å². The Hall–Kier alpha value is -0.570. The molecule has 0 aliphatic rings. The minimum Gasteiger partial charge on any atom is -0.392 e. The van der Waals surface area contributed by atoms with Gasteiger partial charge in [-0.2, -0.15) is 0 Å². The van der Waals surface area contributed by atoms with Crippen LogP contribution < -0.4 is 5.32 Å². The summed E-state index contributed by atoms with van der Waals surface area (Å²) in [6.07, 6.45) is 1.36. The fraction of sp³-hybridized carbons (Fsp3) is 0.500. The summed E-state index contributed by atoms with van der Waals surface area (Å²) in [4.78, 5) is 0. The maximum atomic E-state index is 9.54. The first-order chi connectivity index (χ1) is 7.33. The minimum absolute atomic E-state index is 0.285. The second-order valence-electron chi connectivity index (χ2n) is 3.60. The van der Waals surface area contributed by atoms with Gasteiger partial charge in [0.2, 0.25) is 0 Å². The van der Waals surface area contributed by atoms with Gasteiger partial charge in [-0.05, 0) is 18.4 Å². The van der Waals surface area contributed by atoms with Crippen molar-refractivity contribution in [2.24, 2.45) is 0 Å². The van der Waals surface area contributed by atoms with Crippen molar-refractivity contribution >= 4 is 11.6 Å². The number of aliphatic hydroxyl groups is 1. The zero-order chi connectivity index (χ0) is 10.9. The molecule has 2 nitrogen and oxygen atoms in total. The second kappa shape index (κ2) is 7.69. The fourth-order valence-corrected chi connectivity index (χ4v) is 1.55. The average Bonchev–Trinajstić information content (AvgIpc) is 2.28. The summed E-state index contributed by atoms with van der Waals surface area (Å²) in [5.41, 5.74) is 1.24. The van der Waals surface area contributed by atoms with Crippen molar-refractivity contribution in [2.75, 3.05) is 12.4 Å². The first kappa shape index (κ1) is 12.5. The largest absolute Gasteiger partial charge is 0.392 e. The van der Waals surface area contributed by atoms with E-state index in [1.165, 1.54) is 5.56 Å². The van der Waals surface area contributed by atoms with E-state index in [4.69, 9.17) is 11.6 Å². The molecule has 3 heteroatoms. The summed E-state index contributed by atoms with van der Waals surface area (Å²) in [7, 11) is 0. The van der Waals surface area contributed by atoms with Gasteiger partial charge in [0.15, 0.2) is 0 Å². The van der Waals surface area contributed by atoms with E-state index in [2.05, 4.69) is 17.4 Å². The Labute approximate surface area is 96.3 Å². The van der Waals surface area contributed by atoms with Crippen LogP contribution in [0.3, 0.4) is 0 Å². The number of benzene rings is 1. The van der Waals surface area contributed by atoms with Crippen LogP contribution in [-0.2, 0) is 6.54 Å². The number of hydrogen-bond donors (Lipinski definition) is 2. The van der Waals surface area contributed by atoms with Crippen molar-refractivity contribution in [3.63, 3.8) is 0 Å². The van der Waals surface area contributed by atoms with Gasteiger partial charge in [-0.3, -0.25) is 0 Å². The van der Waals surface area contributed by atoms with E-state index in [0.717, 1.165) is 19.4 Å². The van der Waals surface area contributed by atoms with E-state index in [1.54, 1.807) is 0 Å². The van der Waals surface area contributed by atoms with Crippen molar-refractivity contribution in [3.05, 3.63) is 35.9 Å². The van der Waals surface area contributed by atoms with Gasteiger partial charge in [-0.1, -0.05) is 30.3 Å². The summed E-state index contributed by atoms with van der Waals surface area (Å²) < 4.78 is 0. The van der Waals surface area contributed by atoms with E-state index < -0.39 is 0 Å². The smallest absolute Gasteiger partial charge is 0.0665 e. The Morgan fingerprint density at radius 2 is 2.00 bits per heavy atom. The van der Waals surface area contributed by atoms with E-state index in [0.29, 0.717) is 12.4 Å². The average molecular weight is 228 g/mol. The molecule has 0 saturated carbocycles. The molecule has 0 aliphatic carbocycles. The van der Waals surface area contributed by atoms with Crippen LogP contribution in [0, 0.1) is 0 Å². The SMILES string of the molecule is O[C@@H](CCCCl)CNCc1ccccc1. The molecule has 1 aromatic carbocycles. The molecular weight excluding hydrogens is 210 g/mol. The van der Waals surface area contributed by atoms with Gasteiger partial charge in [-0.15, -0.1) is 11.6 Å². The Morgan fingerprint density at radius 3 is 2.67 bits per heavy atom. The third kappa shape index (κ3) is 5.78. The van der Waals surface area contributed by atoms with E-state index in [1.807, 2.05) is 18.2 Å². The number of aliphatic hydroxyl groups excluding tert-OH is 1. The number of halogens is 1. The van der Waals surface area contributed by atoms with Crippen molar-refractivity contribution in [1.82, 2.24) is 5.32 Å². The van der Waals surface area contributed by atoms with Gasteiger partial charge >= 0.3 is 0 Å². The molecule has 1 atom stereocenters. The van der Waals surface area contributed by atoms with E-state index in [-0.39, 0.29) is 6.10 Å². The quantitative estimate of drug-likeness (QED) is 0.700. The van der Waals surface area contributed by atoms with Crippen LogP contribution in [-0.4, -0.2) is 23.6 Å². The predicted molar refractivity (Wildman–Crippen MR) is 64.1 cm³/mol. The monoisotopic (exact) mass is 227 g/mol. The third-order valence-electron chi connectivity index (χ3n) is 2.22. The lowest BCUT2D eigenvalue weighted by Crippen LogP contribution is -2.26. The molecule has 1 aromatic rings. The summed E-state index contributed by atoms with van der Waals surface area (Å²) in [5, 5.41) is 12.8. The number of rotatable bonds is 7. The van der Waals surface area contributed by atoms with E-state index >= 15 is 0 Å². The Morgan fingerprint density at radius 1 is 1.27 bits per heavy atom. The first-order valence-electron chi connectivity index (χ1n) is 5.31. The van der Waals surface area contributed by atoms with Crippen molar-refractivity contribution in [3.8, 4) is 0 Å². The second-order valence-corrected chi connectivity index (χ2v) is 3.98. The van der Waals surface area contributed by atoms with Gasteiger partial charge in [-0.25, -0.2) is 0 Å². The maximum absolute atomic E-state index is 9.54. The van der Waals surface area contributed by atoms with Crippen LogP contribution in [0.5, 0.6) is 0 Å². The highest BCUT2D eigenvalue weighted by molar-refractivity contribution is 6.17. The Kier molecular flexibility index (Phi) is 6.41. The highest BCUT2D eigenvalue weighted by Crippen LogP contribution is 2.00. The number of hydrogen-bond acceptors (Lipinski definition) is 2. The van der Waals surface area contributed by atoms with Gasteiger partial charge in [0.05, 0.1) is 6.10 Å². The summed E-state index contributed by atoms with van der Waals surface area (Å²) in [6.45, 7) is 1.44. The molecule has 0 heterocycles. The molecule has 0 amide bonds. The van der Waals surface area contributed by atoms with Crippen LogP contribution in [0.15, 0.2) is 30.3 Å². The third-order valence-corrected chi connectivity index (χ3v) is 2.49. The van der Waals surface area contributed by atoms with Crippen LogP contribution >= 0.6 is 11.6 Å². The molecule has 2 N–H and O–H groups in total. The summed E-state index contributed by atoms with van der Waals surface area (Å²) in [5.74, 6) is 0.621. The van der Waals surface area contributed by atoms with E-state index in [9.17, 15) is 5.11 Å². The fourth-order valence-electron chi connectivity index (χ4n) is 1.39. The molecule has 0 unspecified atom stereocenters. The van der Waals surface area contributed by atoms with Gasteiger partial charge in [0.1, 0.15) is 0 Å². The van der Waals surface area contributed by atoms with Crippen molar-refractivity contribution < 1.29 is 5.11 Å². The van der Waals surface area contributed by atoms with Gasteiger partial charge < -0.3 is 10.4 Å². The highest BCUT2D eigenvalue weighted by atomic mass is 35.5. The molecule has 0 aliphatic heterocycles. The van der Waals surface area contributed by atoms with Crippen LogP contribution in [0.4, 0.5) is 0 Å². The lowest BCUT2D eigenvalue weighted by atomic mass is 10.2. The van der Waals surface area contributed by atoms with Gasteiger partial charge in [0.25, 0.3) is 0 Å². The molecule has 0 radical (unpaired) electrons. The molecule has 1 rings (SSSR count). The van der Waals surface area contributed by atoms with Crippen molar-refractivity contribution in [2.45, 2.75) is 25.5 Å². The minimum atomic E-state index is -0.285. The molecule has 0 aromatic heterocycles. The molecular formula is C12H18ClNO.